The molecule has 1 amide bonds. The summed E-state index contributed by atoms with van der Waals surface area (Å²) in [5.41, 5.74) is 8.55. The molecule has 2 heterocycles. The van der Waals surface area contributed by atoms with Crippen LogP contribution in [0.5, 0.6) is 0 Å². The first-order chi connectivity index (χ1) is 9.35. The van der Waals surface area contributed by atoms with E-state index in [9.17, 15) is 4.79 Å². The van der Waals surface area contributed by atoms with Crippen molar-refractivity contribution >= 4 is 5.91 Å². The lowest BCUT2D eigenvalue weighted by Gasteiger charge is -2.30. The molecule has 4 nitrogen and oxygen atoms in total. The van der Waals surface area contributed by atoms with Gasteiger partial charge in [0.1, 0.15) is 0 Å². The molecule has 1 unspecified atom stereocenters. The van der Waals surface area contributed by atoms with Crippen molar-refractivity contribution in [1.29, 1.82) is 0 Å². The van der Waals surface area contributed by atoms with Crippen LogP contribution < -0.4 is 5.73 Å². The molecule has 0 bridgehead atoms. The van der Waals surface area contributed by atoms with Crippen molar-refractivity contribution in [2.75, 3.05) is 6.54 Å². The minimum Gasteiger partial charge on any atom is -0.338 e. The Morgan fingerprint density at radius 1 is 1.50 bits per heavy atom. The molecule has 0 saturated carbocycles. The molecule has 0 saturated heterocycles. The van der Waals surface area contributed by atoms with Gasteiger partial charge in [-0.2, -0.15) is 0 Å². The molecule has 0 fully saturated rings. The summed E-state index contributed by atoms with van der Waals surface area (Å²) in [6, 6.07) is 3.92. The van der Waals surface area contributed by atoms with Gasteiger partial charge in [0.05, 0.1) is 0 Å². The van der Waals surface area contributed by atoms with Crippen molar-refractivity contribution in [3.63, 3.8) is 0 Å². The minimum absolute atomic E-state index is 0.0576. The maximum Gasteiger partial charge on any atom is 0.224 e. The molecule has 1 aliphatic heterocycles. The summed E-state index contributed by atoms with van der Waals surface area (Å²) in [7, 11) is 0. The van der Waals surface area contributed by atoms with Crippen LogP contribution in [0, 0.1) is 5.41 Å². The predicted molar refractivity (Wildman–Crippen MR) is 80.0 cm³/mol. The number of hydrogen-bond acceptors (Lipinski definition) is 3. The number of aromatic nitrogens is 1. The second-order valence-electron chi connectivity index (χ2n) is 6.90. The number of carbonyl (C=O) groups is 1. The Balaban J connectivity index is 1.92. The van der Waals surface area contributed by atoms with Crippen molar-refractivity contribution in [2.24, 2.45) is 11.1 Å². The highest BCUT2D eigenvalue weighted by atomic mass is 16.2. The maximum absolute atomic E-state index is 12.3. The number of rotatable bonds is 3. The summed E-state index contributed by atoms with van der Waals surface area (Å²) in [6.45, 7) is 7.88. The van der Waals surface area contributed by atoms with Crippen LogP contribution in [0.2, 0.25) is 0 Å². The van der Waals surface area contributed by atoms with Gasteiger partial charge >= 0.3 is 0 Å². The first-order valence-corrected chi connectivity index (χ1v) is 7.31. The van der Waals surface area contributed by atoms with Crippen molar-refractivity contribution in [2.45, 2.75) is 52.6 Å². The molecule has 1 atom stereocenters. The normalized spacial score (nSPS) is 16.7. The van der Waals surface area contributed by atoms with Gasteiger partial charge in [0, 0.05) is 43.9 Å². The fourth-order valence-electron chi connectivity index (χ4n) is 2.79. The molecule has 0 aromatic carbocycles. The van der Waals surface area contributed by atoms with Crippen LogP contribution in [0.1, 0.15) is 44.9 Å². The number of hydrogen-bond donors (Lipinski definition) is 1. The van der Waals surface area contributed by atoms with E-state index in [1.807, 2.05) is 17.2 Å². The monoisotopic (exact) mass is 275 g/mol. The SMILES string of the molecule is CC(C)(C)CC(N)CC(=O)N1CCc2ncccc2C1. The third kappa shape index (κ3) is 4.04. The van der Waals surface area contributed by atoms with E-state index < -0.39 is 0 Å². The molecule has 0 spiro atoms. The van der Waals surface area contributed by atoms with Crippen LogP contribution in [0.15, 0.2) is 18.3 Å². The Morgan fingerprint density at radius 3 is 2.95 bits per heavy atom. The van der Waals surface area contributed by atoms with Gasteiger partial charge in [-0.25, -0.2) is 0 Å². The Labute approximate surface area is 121 Å². The molecule has 20 heavy (non-hydrogen) atoms. The van der Waals surface area contributed by atoms with E-state index in [-0.39, 0.29) is 17.4 Å². The molecule has 0 radical (unpaired) electrons. The van der Waals surface area contributed by atoms with Gasteiger partial charge in [-0.1, -0.05) is 26.8 Å². The molecule has 2 rings (SSSR count). The zero-order valence-corrected chi connectivity index (χ0v) is 12.7. The van der Waals surface area contributed by atoms with Gasteiger partial charge in [0.25, 0.3) is 0 Å². The Bertz CT molecular complexity index is 479. The van der Waals surface area contributed by atoms with E-state index in [0.29, 0.717) is 13.0 Å². The number of carbonyl (C=O) groups excluding carboxylic acids is 1. The van der Waals surface area contributed by atoms with Crippen LogP contribution >= 0.6 is 0 Å². The summed E-state index contributed by atoms with van der Waals surface area (Å²) in [6.07, 6.45) is 3.96. The van der Waals surface area contributed by atoms with E-state index in [1.165, 1.54) is 0 Å². The second kappa shape index (κ2) is 5.92. The average molecular weight is 275 g/mol. The lowest BCUT2D eigenvalue weighted by molar-refractivity contribution is -0.132. The van der Waals surface area contributed by atoms with Gasteiger partial charge in [-0.05, 0) is 23.5 Å². The van der Waals surface area contributed by atoms with Crippen molar-refractivity contribution in [1.82, 2.24) is 9.88 Å². The molecule has 0 aliphatic carbocycles. The zero-order valence-electron chi connectivity index (χ0n) is 12.7. The van der Waals surface area contributed by atoms with E-state index >= 15 is 0 Å². The lowest BCUT2D eigenvalue weighted by Crippen LogP contribution is -2.40. The summed E-state index contributed by atoms with van der Waals surface area (Å²) in [5, 5.41) is 0. The maximum atomic E-state index is 12.3. The first kappa shape index (κ1) is 15.0. The van der Waals surface area contributed by atoms with Crippen molar-refractivity contribution in [3.8, 4) is 0 Å². The Hall–Kier alpha value is -1.42. The summed E-state index contributed by atoms with van der Waals surface area (Å²) >= 11 is 0. The van der Waals surface area contributed by atoms with Gasteiger partial charge < -0.3 is 10.6 Å². The number of amides is 1. The van der Waals surface area contributed by atoms with E-state index in [2.05, 4.69) is 31.8 Å². The van der Waals surface area contributed by atoms with Crippen LogP contribution in [0.3, 0.4) is 0 Å². The highest BCUT2D eigenvalue weighted by Crippen LogP contribution is 2.22. The van der Waals surface area contributed by atoms with Crippen molar-refractivity contribution < 1.29 is 4.79 Å². The molecule has 4 heteroatoms. The Kier molecular flexibility index (Phi) is 4.43. The number of nitrogens with zero attached hydrogens (tertiary/aromatic N) is 2. The minimum atomic E-state index is -0.0576. The highest BCUT2D eigenvalue weighted by molar-refractivity contribution is 5.77. The van der Waals surface area contributed by atoms with Gasteiger partial charge in [0.15, 0.2) is 0 Å². The molecule has 110 valence electrons. The number of pyridine rings is 1. The Morgan fingerprint density at radius 2 is 2.25 bits per heavy atom. The lowest BCUT2D eigenvalue weighted by atomic mass is 9.87. The number of fused-ring (bicyclic) bond motifs is 1. The topological polar surface area (TPSA) is 59.2 Å². The summed E-state index contributed by atoms with van der Waals surface area (Å²) in [5.74, 6) is 0.163. The smallest absolute Gasteiger partial charge is 0.224 e. The molecular weight excluding hydrogens is 250 g/mol. The van der Waals surface area contributed by atoms with Crippen LogP contribution in [0.4, 0.5) is 0 Å². The number of nitrogens with two attached hydrogens (primary N) is 1. The standard InChI is InChI=1S/C16H25N3O/c1-16(2,3)10-13(17)9-15(20)19-8-6-14-12(11-19)5-4-7-18-14/h4-5,7,13H,6,8-11,17H2,1-3H3. The predicted octanol–water partition coefficient (Wildman–Crippen LogP) is 2.12. The second-order valence-corrected chi connectivity index (χ2v) is 6.90. The largest absolute Gasteiger partial charge is 0.338 e. The van der Waals surface area contributed by atoms with Crippen LogP contribution in [-0.4, -0.2) is 28.4 Å². The average Bonchev–Trinajstić information content (AvgIpc) is 2.35. The summed E-state index contributed by atoms with van der Waals surface area (Å²) in [4.78, 5) is 18.6. The quantitative estimate of drug-likeness (QED) is 0.919. The third-order valence-corrected chi connectivity index (χ3v) is 3.63. The van der Waals surface area contributed by atoms with Crippen LogP contribution in [-0.2, 0) is 17.8 Å². The molecule has 1 aromatic heterocycles. The van der Waals surface area contributed by atoms with E-state index in [1.54, 1.807) is 0 Å². The van der Waals surface area contributed by atoms with Crippen molar-refractivity contribution in [3.05, 3.63) is 29.6 Å². The third-order valence-electron chi connectivity index (χ3n) is 3.63. The summed E-state index contributed by atoms with van der Waals surface area (Å²) < 4.78 is 0. The zero-order chi connectivity index (χ0) is 14.8. The van der Waals surface area contributed by atoms with Crippen LogP contribution in [0.25, 0.3) is 0 Å². The molecule has 2 N–H and O–H groups in total. The highest BCUT2D eigenvalue weighted by Gasteiger charge is 2.24. The van der Waals surface area contributed by atoms with Gasteiger partial charge in [-0.3, -0.25) is 9.78 Å². The van der Waals surface area contributed by atoms with E-state index in [4.69, 9.17) is 5.73 Å². The first-order valence-electron chi connectivity index (χ1n) is 7.31. The molecule has 1 aromatic rings. The van der Waals surface area contributed by atoms with E-state index in [0.717, 1.165) is 30.6 Å². The molecule has 1 aliphatic rings. The fourth-order valence-corrected chi connectivity index (χ4v) is 2.79. The fraction of sp³-hybridized carbons (Fsp3) is 0.625. The van der Waals surface area contributed by atoms with Gasteiger partial charge in [-0.15, -0.1) is 0 Å². The van der Waals surface area contributed by atoms with Gasteiger partial charge in [0.2, 0.25) is 5.91 Å². The molecular formula is C16H25N3O.